The summed E-state index contributed by atoms with van der Waals surface area (Å²) in [4.78, 5) is 16.8. The van der Waals surface area contributed by atoms with E-state index in [1.807, 2.05) is 4.90 Å². The molecule has 0 spiro atoms. The fourth-order valence-corrected chi connectivity index (χ4v) is 2.25. The molecule has 1 aromatic heterocycles. The quantitative estimate of drug-likeness (QED) is 0.869. The van der Waals surface area contributed by atoms with Crippen molar-refractivity contribution < 1.29 is 14.3 Å². The van der Waals surface area contributed by atoms with E-state index in [0.29, 0.717) is 30.1 Å². The summed E-state index contributed by atoms with van der Waals surface area (Å²) >= 11 is 0. The number of fused-ring (bicyclic) bond motifs is 1. The molecule has 0 bridgehead atoms. The Balaban J connectivity index is 1.97. The molecule has 94 valence electrons. The van der Waals surface area contributed by atoms with Gasteiger partial charge >= 0.3 is 5.97 Å². The number of nitrogens with zero attached hydrogens (tertiary/aromatic N) is 3. The van der Waals surface area contributed by atoms with E-state index in [4.69, 9.17) is 5.11 Å². The molecular formula is C12H12FN3O2. The molecule has 0 saturated carbocycles. The number of anilines is 1. The predicted octanol–water partition coefficient (Wildman–Crippen LogP) is 1.23. The lowest BCUT2D eigenvalue weighted by atomic mass is 10.0. The van der Waals surface area contributed by atoms with Gasteiger partial charge in [-0.05, 0) is 12.1 Å². The Kier molecular flexibility index (Phi) is 2.26. The monoisotopic (exact) mass is 249 g/mol. The maximum atomic E-state index is 13.6. The number of benzene rings is 1. The summed E-state index contributed by atoms with van der Waals surface area (Å²) in [5.74, 6) is -0.886. The van der Waals surface area contributed by atoms with Crippen molar-refractivity contribution in [1.82, 2.24) is 9.55 Å². The summed E-state index contributed by atoms with van der Waals surface area (Å²) < 4.78 is 15.4. The molecule has 1 fully saturated rings. The Morgan fingerprint density at radius 2 is 2.22 bits per heavy atom. The van der Waals surface area contributed by atoms with E-state index in [9.17, 15) is 9.18 Å². The number of imidazole rings is 1. The predicted molar refractivity (Wildman–Crippen MR) is 64.0 cm³/mol. The second kappa shape index (κ2) is 3.69. The van der Waals surface area contributed by atoms with Crippen LogP contribution in [0, 0.1) is 11.7 Å². The fraction of sp³-hybridized carbons (Fsp3) is 0.333. The molecule has 1 N–H and O–H groups in total. The number of para-hydroxylation sites is 1. The Hall–Kier alpha value is -2.11. The standard InChI is InChI=1S/C12H12FN3O2/c1-15-9-4-2-3-8(13)10(9)14-12(15)16-5-7(6-16)11(17)18/h2-4,7H,5-6H2,1H3,(H,17,18). The van der Waals surface area contributed by atoms with Gasteiger partial charge in [-0.1, -0.05) is 6.07 Å². The van der Waals surface area contributed by atoms with Crippen molar-refractivity contribution in [3.8, 4) is 0 Å². The van der Waals surface area contributed by atoms with E-state index in [-0.39, 0.29) is 11.7 Å². The van der Waals surface area contributed by atoms with Gasteiger partial charge in [0.25, 0.3) is 0 Å². The van der Waals surface area contributed by atoms with Crippen molar-refractivity contribution in [3.05, 3.63) is 24.0 Å². The fourth-order valence-electron chi connectivity index (χ4n) is 2.25. The highest BCUT2D eigenvalue weighted by Gasteiger charge is 2.35. The zero-order chi connectivity index (χ0) is 12.9. The molecule has 6 heteroatoms. The van der Waals surface area contributed by atoms with Gasteiger partial charge in [-0.15, -0.1) is 0 Å². The van der Waals surface area contributed by atoms with Gasteiger partial charge in [-0.25, -0.2) is 9.37 Å². The van der Waals surface area contributed by atoms with E-state index >= 15 is 0 Å². The highest BCUT2D eigenvalue weighted by molar-refractivity contribution is 5.80. The van der Waals surface area contributed by atoms with Crippen molar-refractivity contribution in [2.24, 2.45) is 13.0 Å². The van der Waals surface area contributed by atoms with Crippen LogP contribution in [0.4, 0.5) is 10.3 Å². The van der Waals surface area contributed by atoms with Crippen LogP contribution in [-0.4, -0.2) is 33.7 Å². The van der Waals surface area contributed by atoms with Gasteiger partial charge in [0.2, 0.25) is 5.95 Å². The molecule has 0 atom stereocenters. The molecule has 2 aromatic rings. The van der Waals surface area contributed by atoms with Gasteiger partial charge in [0.05, 0.1) is 11.4 Å². The normalized spacial score (nSPS) is 16.0. The molecule has 1 saturated heterocycles. The number of rotatable bonds is 2. The number of carbonyl (C=O) groups is 1. The molecule has 1 aliphatic rings. The minimum atomic E-state index is -0.795. The SMILES string of the molecule is Cn1c(N2CC(C(=O)O)C2)nc2c(F)cccc21. The van der Waals surface area contributed by atoms with E-state index < -0.39 is 5.97 Å². The first kappa shape index (κ1) is 11.0. The third kappa shape index (κ3) is 1.45. The number of hydrogen-bond acceptors (Lipinski definition) is 3. The molecule has 3 rings (SSSR count). The molecule has 1 aliphatic heterocycles. The van der Waals surface area contributed by atoms with Crippen LogP contribution in [0.25, 0.3) is 11.0 Å². The number of aromatic nitrogens is 2. The van der Waals surface area contributed by atoms with Crippen LogP contribution < -0.4 is 4.90 Å². The van der Waals surface area contributed by atoms with Gasteiger partial charge in [0.1, 0.15) is 5.52 Å². The minimum Gasteiger partial charge on any atom is -0.481 e. The number of aliphatic carboxylic acids is 1. The Labute approximate surface area is 102 Å². The first-order chi connectivity index (χ1) is 8.58. The third-order valence-electron chi connectivity index (χ3n) is 3.35. The van der Waals surface area contributed by atoms with Crippen LogP contribution in [0.2, 0.25) is 0 Å². The average molecular weight is 249 g/mol. The van der Waals surface area contributed by atoms with Crippen LogP contribution in [0.15, 0.2) is 18.2 Å². The highest BCUT2D eigenvalue weighted by atomic mass is 19.1. The van der Waals surface area contributed by atoms with E-state index in [1.54, 1.807) is 23.7 Å². The molecule has 18 heavy (non-hydrogen) atoms. The lowest BCUT2D eigenvalue weighted by molar-refractivity contribution is -0.142. The molecule has 5 nitrogen and oxygen atoms in total. The lowest BCUT2D eigenvalue weighted by Crippen LogP contribution is -2.51. The van der Waals surface area contributed by atoms with Crippen molar-refractivity contribution in [1.29, 1.82) is 0 Å². The molecule has 0 unspecified atom stereocenters. The van der Waals surface area contributed by atoms with Crippen molar-refractivity contribution in [3.63, 3.8) is 0 Å². The van der Waals surface area contributed by atoms with Gasteiger partial charge < -0.3 is 14.6 Å². The summed E-state index contributed by atoms with van der Waals surface area (Å²) in [7, 11) is 1.80. The molecule has 2 heterocycles. The first-order valence-electron chi connectivity index (χ1n) is 5.66. The number of aryl methyl sites for hydroxylation is 1. The number of carboxylic acid groups (broad SMARTS) is 1. The first-order valence-corrected chi connectivity index (χ1v) is 5.66. The van der Waals surface area contributed by atoms with Crippen molar-refractivity contribution in [2.45, 2.75) is 0 Å². The maximum absolute atomic E-state index is 13.6. The van der Waals surface area contributed by atoms with E-state index in [0.717, 1.165) is 0 Å². The van der Waals surface area contributed by atoms with Gasteiger partial charge in [0, 0.05) is 20.1 Å². The summed E-state index contributed by atoms with van der Waals surface area (Å²) in [5.41, 5.74) is 1.04. The summed E-state index contributed by atoms with van der Waals surface area (Å²) in [6.07, 6.45) is 0. The topological polar surface area (TPSA) is 58.4 Å². The smallest absolute Gasteiger partial charge is 0.310 e. The molecular weight excluding hydrogens is 237 g/mol. The number of halogens is 1. The third-order valence-corrected chi connectivity index (χ3v) is 3.35. The highest BCUT2D eigenvalue weighted by Crippen LogP contribution is 2.28. The van der Waals surface area contributed by atoms with Gasteiger partial charge in [0.15, 0.2) is 5.82 Å². The van der Waals surface area contributed by atoms with Crippen LogP contribution in [0.3, 0.4) is 0 Å². The Morgan fingerprint density at radius 1 is 1.50 bits per heavy atom. The summed E-state index contributed by atoms with van der Waals surface area (Å²) in [5, 5.41) is 8.84. The van der Waals surface area contributed by atoms with Crippen LogP contribution in [0.5, 0.6) is 0 Å². The van der Waals surface area contributed by atoms with Gasteiger partial charge in [-0.3, -0.25) is 4.79 Å². The second-order valence-corrected chi connectivity index (χ2v) is 4.52. The van der Waals surface area contributed by atoms with Crippen molar-refractivity contribution >= 4 is 23.0 Å². The molecule has 0 aliphatic carbocycles. The van der Waals surface area contributed by atoms with Gasteiger partial charge in [-0.2, -0.15) is 0 Å². The number of hydrogen-bond donors (Lipinski definition) is 1. The second-order valence-electron chi connectivity index (χ2n) is 4.52. The lowest BCUT2D eigenvalue weighted by Gasteiger charge is -2.37. The Morgan fingerprint density at radius 3 is 2.83 bits per heavy atom. The largest absolute Gasteiger partial charge is 0.481 e. The van der Waals surface area contributed by atoms with Crippen LogP contribution in [0.1, 0.15) is 0 Å². The average Bonchev–Trinajstić information content (AvgIpc) is 2.56. The maximum Gasteiger partial charge on any atom is 0.310 e. The van der Waals surface area contributed by atoms with Crippen molar-refractivity contribution in [2.75, 3.05) is 18.0 Å². The molecule has 0 amide bonds. The number of carboxylic acids is 1. The van der Waals surface area contributed by atoms with E-state index in [2.05, 4.69) is 4.98 Å². The molecule has 0 radical (unpaired) electrons. The van der Waals surface area contributed by atoms with E-state index in [1.165, 1.54) is 6.07 Å². The Bertz CT molecular complexity index is 632. The summed E-state index contributed by atoms with van der Waals surface area (Å²) in [6, 6.07) is 4.80. The minimum absolute atomic E-state index is 0.328. The zero-order valence-corrected chi connectivity index (χ0v) is 9.80. The van der Waals surface area contributed by atoms with Crippen LogP contribution in [-0.2, 0) is 11.8 Å². The summed E-state index contributed by atoms with van der Waals surface area (Å²) in [6.45, 7) is 0.849. The van der Waals surface area contributed by atoms with Crippen LogP contribution >= 0.6 is 0 Å². The zero-order valence-electron chi connectivity index (χ0n) is 9.80. The molecule has 1 aromatic carbocycles.